The summed E-state index contributed by atoms with van der Waals surface area (Å²) in [6.07, 6.45) is 0.505. The molecule has 1 aliphatic rings. The molecule has 2 unspecified atom stereocenters. The van der Waals surface area contributed by atoms with Gasteiger partial charge in [0.05, 0.1) is 10.9 Å². The molecule has 2 aromatic carbocycles. The van der Waals surface area contributed by atoms with Crippen molar-refractivity contribution < 1.29 is 18.8 Å². The van der Waals surface area contributed by atoms with Crippen molar-refractivity contribution in [3.8, 4) is 0 Å². The summed E-state index contributed by atoms with van der Waals surface area (Å²) in [6.45, 7) is 1.65. The van der Waals surface area contributed by atoms with Gasteiger partial charge in [-0.2, -0.15) is 0 Å². The number of halogens is 3. The summed E-state index contributed by atoms with van der Waals surface area (Å²) in [5.41, 5.74) is 0.512. The highest BCUT2D eigenvalue weighted by Gasteiger charge is 2.54. The molecule has 6 nitrogen and oxygen atoms in total. The number of nitrogens with zero attached hydrogens (tertiary/aromatic N) is 1. The molecule has 0 saturated carbocycles. The molecule has 0 spiro atoms. The Bertz CT molecular complexity index is 988. The van der Waals surface area contributed by atoms with Crippen LogP contribution in [0.3, 0.4) is 0 Å². The lowest BCUT2D eigenvalue weighted by Crippen LogP contribution is -2.43. The van der Waals surface area contributed by atoms with E-state index in [1.807, 2.05) is 0 Å². The van der Waals surface area contributed by atoms with Crippen LogP contribution >= 0.6 is 23.2 Å². The lowest BCUT2D eigenvalue weighted by Gasteiger charge is -2.26. The Balaban J connectivity index is 2.10. The first-order chi connectivity index (χ1) is 14.3. The van der Waals surface area contributed by atoms with Crippen LogP contribution in [0.4, 0.5) is 10.1 Å². The molecule has 1 aliphatic heterocycles. The second-order valence-corrected chi connectivity index (χ2v) is 7.89. The highest BCUT2D eigenvalue weighted by molar-refractivity contribution is 6.31. The molecule has 1 saturated heterocycles. The number of hydrogen-bond acceptors (Lipinski definition) is 3. The summed E-state index contributed by atoms with van der Waals surface area (Å²) in [5, 5.41) is 5.54. The smallest absolute Gasteiger partial charge is 0.247 e. The largest absolute Gasteiger partial charge is 0.359 e. The van der Waals surface area contributed by atoms with E-state index in [0.29, 0.717) is 17.1 Å². The second kappa shape index (κ2) is 9.02. The van der Waals surface area contributed by atoms with Crippen LogP contribution in [0.15, 0.2) is 42.5 Å². The van der Waals surface area contributed by atoms with Gasteiger partial charge in [0.2, 0.25) is 18.2 Å². The van der Waals surface area contributed by atoms with Gasteiger partial charge in [-0.15, -0.1) is 0 Å². The standard InChI is InChI=1S/C21H20Cl2FN3O3/c1-11-16(20(29)25-2)17(14-7-4-8-15(23)18(14)24)19(27(11)10-28)21(30)26-13-6-3-5-12(22)9-13/h3-11,16-17,19H,1-2H3,(H,25,29)(H,26,30)/t11-,16+,17?,19?/m0/s1. The summed E-state index contributed by atoms with van der Waals surface area (Å²) in [6, 6.07) is 9.11. The summed E-state index contributed by atoms with van der Waals surface area (Å²) in [5.74, 6) is -3.49. The molecular weight excluding hydrogens is 432 g/mol. The van der Waals surface area contributed by atoms with Crippen molar-refractivity contribution in [1.29, 1.82) is 0 Å². The number of anilines is 1. The minimum absolute atomic E-state index is 0.0959. The van der Waals surface area contributed by atoms with Crippen molar-refractivity contribution in [3.05, 3.63) is 63.9 Å². The molecular formula is C21H20Cl2FN3O3. The molecule has 1 fully saturated rings. The van der Waals surface area contributed by atoms with E-state index in [-0.39, 0.29) is 10.6 Å². The van der Waals surface area contributed by atoms with Crippen LogP contribution in [-0.4, -0.2) is 42.3 Å². The molecule has 1 heterocycles. The van der Waals surface area contributed by atoms with E-state index in [1.165, 1.54) is 24.1 Å². The first-order valence-corrected chi connectivity index (χ1v) is 10.0. The first-order valence-electron chi connectivity index (χ1n) is 9.24. The zero-order valence-corrected chi connectivity index (χ0v) is 17.7. The van der Waals surface area contributed by atoms with Gasteiger partial charge in [-0.1, -0.05) is 41.4 Å². The number of benzene rings is 2. The normalized spacial score (nSPS) is 23.2. The lowest BCUT2D eigenvalue weighted by molar-refractivity contribution is -0.129. The van der Waals surface area contributed by atoms with Gasteiger partial charge in [-0.25, -0.2) is 4.39 Å². The average Bonchev–Trinajstić information content (AvgIpc) is 3.01. The topological polar surface area (TPSA) is 78.5 Å². The minimum Gasteiger partial charge on any atom is -0.359 e. The molecule has 0 aromatic heterocycles. The van der Waals surface area contributed by atoms with Gasteiger partial charge in [-0.05, 0) is 36.8 Å². The molecule has 3 rings (SSSR count). The second-order valence-electron chi connectivity index (χ2n) is 7.05. The Labute approximate surface area is 183 Å². The monoisotopic (exact) mass is 451 g/mol. The van der Waals surface area contributed by atoms with Crippen LogP contribution in [0.2, 0.25) is 10.0 Å². The molecule has 3 amide bonds. The van der Waals surface area contributed by atoms with Gasteiger partial charge in [0.15, 0.2) is 0 Å². The van der Waals surface area contributed by atoms with Crippen LogP contribution in [-0.2, 0) is 14.4 Å². The van der Waals surface area contributed by atoms with E-state index >= 15 is 0 Å². The highest BCUT2D eigenvalue weighted by atomic mass is 35.5. The van der Waals surface area contributed by atoms with E-state index in [9.17, 15) is 18.8 Å². The molecule has 2 aromatic rings. The van der Waals surface area contributed by atoms with Gasteiger partial charge < -0.3 is 15.5 Å². The van der Waals surface area contributed by atoms with Crippen LogP contribution in [0.5, 0.6) is 0 Å². The molecule has 2 N–H and O–H groups in total. The van der Waals surface area contributed by atoms with Gasteiger partial charge in [0, 0.05) is 29.7 Å². The van der Waals surface area contributed by atoms with E-state index in [1.54, 1.807) is 37.3 Å². The van der Waals surface area contributed by atoms with Gasteiger partial charge in [0.1, 0.15) is 11.9 Å². The Morgan fingerprint density at radius 3 is 2.47 bits per heavy atom. The third-order valence-electron chi connectivity index (χ3n) is 5.41. The van der Waals surface area contributed by atoms with E-state index < -0.39 is 41.6 Å². The van der Waals surface area contributed by atoms with Crippen molar-refractivity contribution in [2.45, 2.75) is 24.9 Å². The van der Waals surface area contributed by atoms with Crippen molar-refractivity contribution in [2.24, 2.45) is 5.92 Å². The maximum absolute atomic E-state index is 14.9. The zero-order valence-electron chi connectivity index (χ0n) is 16.2. The average molecular weight is 452 g/mol. The fourth-order valence-electron chi connectivity index (χ4n) is 4.05. The third-order valence-corrected chi connectivity index (χ3v) is 5.94. The van der Waals surface area contributed by atoms with Crippen molar-refractivity contribution >= 4 is 47.1 Å². The predicted octanol–water partition coefficient (Wildman–Crippen LogP) is 3.45. The first kappa shape index (κ1) is 22.1. The molecule has 0 radical (unpaired) electrons. The maximum Gasteiger partial charge on any atom is 0.247 e. The minimum atomic E-state index is -1.13. The number of hydrogen-bond donors (Lipinski definition) is 2. The quantitative estimate of drug-likeness (QED) is 0.683. The summed E-state index contributed by atoms with van der Waals surface area (Å²) < 4.78 is 14.9. The molecule has 4 atom stereocenters. The number of nitrogens with one attached hydrogen (secondary N) is 2. The van der Waals surface area contributed by atoms with Gasteiger partial charge >= 0.3 is 0 Å². The Hall–Kier alpha value is -2.64. The fraction of sp³-hybridized carbons (Fsp3) is 0.286. The van der Waals surface area contributed by atoms with Crippen LogP contribution < -0.4 is 10.6 Å². The van der Waals surface area contributed by atoms with E-state index in [4.69, 9.17) is 23.2 Å². The van der Waals surface area contributed by atoms with E-state index in [0.717, 1.165) is 0 Å². The Morgan fingerprint density at radius 2 is 1.83 bits per heavy atom. The summed E-state index contributed by atoms with van der Waals surface area (Å²) in [4.78, 5) is 39.1. The molecule has 30 heavy (non-hydrogen) atoms. The van der Waals surface area contributed by atoms with Crippen LogP contribution in [0.1, 0.15) is 18.4 Å². The van der Waals surface area contributed by atoms with Crippen molar-refractivity contribution in [2.75, 3.05) is 12.4 Å². The van der Waals surface area contributed by atoms with Crippen molar-refractivity contribution in [1.82, 2.24) is 10.2 Å². The van der Waals surface area contributed by atoms with Gasteiger partial charge in [0.25, 0.3) is 0 Å². The van der Waals surface area contributed by atoms with Gasteiger partial charge in [-0.3, -0.25) is 14.4 Å². The Kier molecular flexibility index (Phi) is 6.63. The number of rotatable bonds is 5. The maximum atomic E-state index is 14.9. The molecule has 9 heteroatoms. The summed E-state index contributed by atoms with van der Waals surface area (Å²) in [7, 11) is 1.45. The number of carbonyl (C=O) groups is 3. The van der Waals surface area contributed by atoms with E-state index in [2.05, 4.69) is 10.6 Å². The number of carbonyl (C=O) groups excluding carboxylic acids is 3. The number of amides is 3. The molecule has 158 valence electrons. The Morgan fingerprint density at radius 1 is 1.13 bits per heavy atom. The van der Waals surface area contributed by atoms with Crippen molar-refractivity contribution in [3.63, 3.8) is 0 Å². The molecule has 0 aliphatic carbocycles. The summed E-state index contributed by atoms with van der Waals surface area (Å²) >= 11 is 11.9. The molecule has 0 bridgehead atoms. The van der Waals surface area contributed by atoms with Crippen LogP contribution in [0, 0.1) is 11.7 Å². The highest BCUT2D eigenvalue weighted by Crippen LogP contribution is 2.44. The lowest BCUT2D eigenvalue weighted by atomic mass is 9.80. The number of likely N-dealkylation sites (tertiary alicyclic amines) is 1. The predicted molar refractivity (Wildman–Crippen MR) is 113 cm³/mol. The van der Waals surface area contributed by atoms with Crippen LogP contribution in [0.25, 0.3) is 0 Å². The zero-order chi connectivity index (χ0) is 22.0. The SMILES string of the molecule is CNC(=O)[C@H]1C(c2cccc(Cl)c2F)C(C(=O)Nc2cccc(Cl)c2)N(C=O)[C@H]1C. The third kappa shape index (κ3) is 4.00. The fourth-order valence-corrected chi connectivity index (χ4v) is 4.43.